The van der Waals surface area contributed by atoms with Gasteiger partial charge in [-0.1, -0.05) is 20.8 Å². The molecule has 4 heteroatoms. The molecule has 0 amide bonds. The molecular weight excluding hydrogens is 272 g/mol. The molecule has 130 valence electrons. The molecule has 0 bridgehead atoms. The zero-order valence-corrected chi connectivity index (χ0v) is 15.7. The highest BCUT2D eigenvalue weighted by atomic mass is 15.2. The minimum Gasteiger partial charge on any atom is -0.357 e. The molecule has 1 aliphatic rings. The van der Waals surface area contributed by atoms with Crippen molar-refractivity contribution in [1.82, 2.24) is 15.5 Å². The van der Waals surface area contributed by atoms with E-state index in [0.717, 1.165) is 25.5 Å². The van der Waals surface area contributed by atoms with Crippen molar-refractivity contribution in [2.45, 2.75) is 79.3 Å². The average molecular weight is 311 g/mol. The first-order valence-corrected chi connectivity index (χ1v) is 9.10. The maximum atomic E-state index is 4.75. The molecule has 0 radical (unpaired) electrons. The summed E-state index contributed by atoms with van der Waals surface area (Å²) in [7, 11) is 0. The number of likely N-dealkylation sites (tertiary alicyclic amines) is 1. The standard InChI is InChI=1S/C18H38N4/c1-7-19-17(20-12-8-11-18(4,5)6)21-16-9-13-22(14-10-16)15(2)3/h15-16H,7-14H2,1-6H3,(H2,19,20,21). The Hall–Kier alpha value is -0.770. The van der Waals surface area contributed by atoms with E-state index >= 15 is 0 Å². The van der Waals surface area contributed by atoms with Crippen LogP contribution in [0.4, 0.5) is 0 Å². The SMILES string of the molecule is CCNC(=NCCCC(C)(C)C)NC1CCN(C(C)C)CC1. The number of aliphatic imine (C=N–C) groups is 1. The summed E-state index contributed by atoms with van der Waals surface area (Å²) in [5, 5.41) is 7.01. The number of nitrogens with one attached hydrogen (secondary N) is 2. The van der Waals surface area contributed by atoms with Gasteiger partial charge in [-0.25, -0.2) is 0 Å². The van der Waals surface area contributed by atoms with E-state index in [-0.39, 0.29) is 0 Å². The Labute approximate surface area is 138 Å². The molecule has 2 N–H and O–H groups in total. The van der Waals surface area contributed by atoms with Gasteiger partial charge in [0.2, 0.25) is 0 Å². The quantitative estimate of drug-likeness (QED) is 0.449. The first-order chi connectivity index (χ1) is 10.3. The summed E-state index contributed by atoms with van der Waals surface area (Å²) in [6.45, 7) is 17.8. The van der Waals surface area contributed by atoms with Gasteiger partial charge in [0.15, 0.2) is 5.96 Å². The van der Waals surface area contributed by atoms with E-state index in [4.69, 9.17) is 4.99 Å². The predicted molar refractivity (Wildman–Crippen MR) is 97.5 cm³/mol. The summed E-state index contributed by atoms with van der Waals surface area (Å²) in [5.74, 6) is 0.999. The van der Waals surface area contributed by atoms with E-state index in [1.54, 1.807) is 0 Å². The second-order valence-electron chi connectivity index (χ2n) is 7.97. The molecule has 0 aromatic rings. The van der Waals surface area contributed by atoms with Gasteiger partial charge in [0.05, 0.1) is 0 Å². The van der Waals surface area contributed by atoms with Crippen LogP contribution in [0.2, 0.25) is 0 Å². The molecule has 1 saturated heterocycles. The van der Waals surface area contributed by atoms with E-state index in [1.165, 1.54) is 32.4 Å². The van der Waals surface area contributed by atoms with Crippen LogP contribution in [0.3, 0.4) is 0 Å². The molecule has 0 spiro atoms. The lowest BCUT2D eigenvalue weighted by molar-refractivity contribution is 0.167. The van der Waals surface area contributed by atoms with Crippen LogP contribution in [0.1, 0.15) is 67.2 Å². The second kappa shape index (κ2) is 9.39. The molecule has 0 aromatic heterocycles. The van der Waals surface area contributed by atoms with Crippen molar-refractivity contribution in [3.63, 3.8) is 0 Å². The number of piperidine rings is 1. The van der Waals surface area contributed by atoms with Crippen molar-refractivity contribution in [3.8, 4) is 0 Å². The molecule has 0 atom stereocenters. The van der Waals surface area contributed by atoms with Crippen LogP contribution < -0.4 is 10.6 Å². The van der Waals surface area contributed by atoms with Crippen LogP contribution in [0.15, 0.2) is 4.99 Å². The Balaban J connectivity index is 2.37. The fourth-order valence-corrected chi connectivity index (χ4v) is 2.87. The molecule has 1 aliphatic heterocycles. The maximum absolute atomic E-state index is 4.75. The van der Waals surface area contributed by atoms with E-state index in [0.29, 0.717) is 17.5 Å². The highest BCUT2D eigenvalue weighted by Gasteiger charge is 2.21. The summed E-state index contributed by atoms with van der Waals surface area (Å²) in [5.41, 5.74) is 0.408. The van der Waals surface area contributed by atoms with Crippen LogP contribution in [0.5, 0.6) is 0 Å². The van der Waals surface area contributed by atoms with Gasteiger partial charge in [0.1, 0.15) is 0 Å². The van der Waals surface area contributed by atoms with E-state index in [1.807, 2.05) is 0 Å². The van der Waals surface area contributed by atoms with Crippen molar-refractivity contribution in [2.24, 2.45) is 10.4 Å². The second-order valence-corrected chi connectivity index (χ2v) is 7.97. The smallest absolute Gasteiger partial charge is 0.191 e. The van der Waals surface area contributed by atoms with Crippen LogP contribution in [-0.2, 0) is 0 Å². The number of rotatable bonds is 6. The molecule has 0 aromatic carbocycles. The normalized spacial score (nSPS) is 18.8. The average Bonchev–Trinajstić information content (AvgIpc) is 2.43. The number of hydrogen-bond acceptors (Lipinski definition) is 2. The molecule has 0 saturated carbocycles. The molecule has 22 heavy (non-hydrogen) atoms. The molecule has 1 rings (SSSR count). The highest BCUT2D eigenvalue weighted by molar-refractivity contribution is 5.80. The topological polar surface area (TPSA) is 39.7 Å². The molecule has 1 fully saturated rings. The fraction of sp³-hybridized carbons (Fsp3) is 0.944. The highest BCUT2D eigenvalue weighted by Crippen LogP contribution is 2.20. The molecule has 4 nitrogen and oxygen atoms in total. The van der Waals surface area contributed by atoms with Crippen molar-refractivity contribution in [3.05, 3.63) is 0 Å². The van der Waals surface area contributed by atoms with E-state index in [2.05, 4.69) is 57.1 Å². The summed E-state index contributed by atoms with van der Waals surface area (Å²) in [4.78, 5) is 7.31. The third kappa shape index (κ3) is 8.02. The van der Waals surface area contributed by atoms with Gasteiger partial charge in [-0.05, 0) is 51.9 Å². The Kier molecular flexibility index (Phi) is 8.23. The largest absolute Gasteiger partial charge is 0.357 e. The molecule has 1 heterocycles. The Bertz CT molecular complexity index is 322. The first kappa shape index (κ1) is 19.3. The van der Waals surface area contributed by atoms with Crippen molar-refractivity contribution in [1.29, 1.82) is 0 Å². The Morgan fingerprint density at radius 1 is 1.23 bits per heavy atom. The van der Waals surface area contributed by atoms with Gasteiger partial charge in [0.25, 0.3) is 0 Å². The lowest BCUT2D eigenvalue weighted by atomic mass is 9.91. The maximum Gasteiger partial charge on any atom is 0.191 e. The molecule has 0 aliphatic carbocycles. The van der Waals surface area contributed by atoms with Gasteiger partial charge < -0.3 is 15.5 Å². The summed E-state index contributed by atoms with van der Waals surface area (Å²) in [6, 6.07) is 1.23. The van der Waals surface area contributed by atoms with Gasteiger partial charge in [-0.3, -0.25) is 4.99 Å². The zero-order valence-electron chi connectivity index (χ0n) is 15.7. The fourth-order valence-electron chi connectivity index (χ4n) is 2.87. The van der Waals surface area contributed by atoms with Crippen LogP contribution in [0, 0.1) is 5.41 Å². The minimum atomic E-state index is 0.408. The van der Waals surface area contributed by atoms with E-state index < -0.39 is 0 Å². The van der Waals surface area contributed by atoms with Gasteiger partial charge in [-0.2, -0.15) is 0 Å². The lowest BCUT2D eigenvalue weighted by Crippen LogP contribution is -2.49. The van der Waals surface area contributed by atoms with Crippen molar-refractivity contribution in [2.75, 3.05) is 26.2 Å². The van der Waals surface area contributed by atoms with Gasteiger partial charge >= 0.3 is 0 Å². The summed E-state index contributed by atoms with van der Waals surface area (Å²) < 4.78 is 0. The van der Waals surface area contributed by atoms with Crippen molar-refractivity contribution >= 4 is 5.96 Å². The zero-order chi connectivity index (χ0) is 16.6. The molecular formula is C18H38N4. The predicted octanol–water partition coefficient (Wildman–Crippen LogP) is 3.24. The summed E-state index contributed by atoms with van der Waals surface area (Å²) >= 11 is 0. The Morgan fingerprint density at radius 3 is 2.36 bits per heavy atom. The van der Waals surface area contributed by atoms with E-state index in [9.17, 15) is 0 Å². The van der Waals surface area contributed by atoms with Crippen LogP contribution in [-0.4, -0.2) is 49.1 Å². The number of guanidine groups is 1. The molecule has 0 unspecified atom stereocenters. The third-order valence-corrected chi connectivity index (χ3v) is 4.30. The Morgan fingerprint density at radius 2 is 1.86 bits per heavy atom. The lowest BCUT2D eigenvalue weighted by Gasteiger charge is -2.35. The van der Waals surface area contributed by atoms with Gasteiger partial charge in [-0.15, -0.1) is 0 Å². The minimum absolute atomic E-state index is 0.408. The van der Waals surface area contributed by atoms with Crippen LogP contribution in [0.25, 0.3) is 0 Å². The first-order valence-electron chi connectivity index (χ1n) is 9.10. The number of nitrogens with zero attached hydrogens (tertiary/aromatic N) is 2. The van der Waals surface area contributed by atoms with Gasteiger partial charge in [0, 0.05) is 38.3 Å². The van der Waals surface area contributed by atoms with Crippen LogP contribution >= 0.6 is 0 Å². The summed E-state index contributed by atoms with van der Waals surface area (Å²) in [6.07, 6.45) is 4.81. The monoisotopic (exact) mass is 310 g/mol. The number of hydrogen-bond donors (Lipinski definition) is 2. The third-order valence-electron chi connectivity index (χ3n) is 4.30. The van der Waals surface area contributed by atoms with Crippen molar-refractivity contribution < 1.29 is 0 Å².